The lowest BCUT2D eigenvalue weighted by molar-refractivity contribution is 0.439. The van der Waals surface area contributed by atoms with Gasteiger partial charge in [0.2, 0.25) is 0 Å². The predicted molar refractivity (Wildman–Crippen MR) is 72.7 cm³/mol. The van der Waals surface area contributed by atoms with E-state index < -0.39 is 5.82 Å². The molecule has 0 unspecified atom stereocenters. The molecule has 88 valence electrons. The van der Waals surface area contributed by atoms with Crippen LogP contribution in [0.4, 0.5) is 10.1 Å². The van der Waals surface area contributed by atoms with E-state index in [1.54, 1.807) is 30.3 Å². The van der Waals surface area contributed by atoms with Gasteiger partial charge in [-0.1, -0.05) is 15.9 Å². The van der Waals surface area contributed by atoms with Crippen LogP contribution >= 0.6 is 31.9 Å². The molecule has 0 aliphatic rings. The molecule has 0 aromatic heterocycles. The fraction of sp³-hybridized carbons (Fsp3) is 0. The Hall–Kier alpha value is -1.07. The number of ether oxygens (including phenoxy) is 1. The zero-order valence-corrected chi connectivity index (χ0v) is 11.8. The second-order valence-corrected chi connectivity index (χ2v) is 5.14. The van der Waals surface area contributed by atoms with Gasteiger partial charge in [0.25, 0.3) is 0 Å². The highest BCUT2D eigenvalue weighted by atomic mass is 79.9. The minimum atomic E-state index is -0.420. The van der Waals surface area contributed by atoms with Gasteiger partial charge in [-0.25, -0.2) is 4.39 Å². The first-order chi connectivity index (χ1) is 8.06. The van der Waals surface area contributed by atoms with Gasteiger partial charge in [-0.15, -0.1) is 0 Å². The molecule has 2 nitrogen and oxygen atoms in total. The third kappa shape index (κ3) is 2.98. The summed E-state index contributed by atoms with van der Waals surface area (Å²) in [5.74, 6) is 0.248. The minimum Gasteiger partial charge on any atom is -0.453 e. The Morgan fingerprint density at radius 2 is 1.76 bits per heavy atom. The van der Waals surface area contributed by atoms with E-state index in [1.807, 2.05) is 0 Å². The monoisotopic (exact) mass is 359 g/mol. The van der Waals surface area contributed by atoms with Crippen LogP contribution in [0.5, 0.6) is 11.5 Å². The molecule has 0 aliphatic carbocycles. The molecule has 0 spiro atoms. The Labute approximate surface area is 115 Å². The number of halogens is 3. The van der Waals surface area contributed by atoms with Crippen LogP contribution in [0, 0.1) is 5.82 Å². The molecule has 0 heterocycles. The maximum absolute atomic E-state index is 13.5. The lowest BCUT2D eigenvalue weighted by atomic mass is 10.3. The summed E-state index contributed by atoms with van der Waals surface area (Å²) in [6.07, 6.45) is 0. The molecule has 2 rings (SSSR count). The van der Waals surface area contributed by atoms with Crippen molar-refractivity contribution >= 4 is 37.5 Å². The molecular formula is C12H8Br2FNO. The van der Waals surface area contributed by atoms with Crippen molar-refractivity contribution in [2.45, 2.75) is 0 Å². The van der Waals surface area contributed by atoms with Gasteiger partial charge in [-0.3, -0.25) is 0 Å². The maximum atomic E-state index is 13.5. The Balaban J connectivity index is 2.34. The summed E-state index contributed by atoms with van der Waals surface area (Å²) >= 11 is 6.57. The van der Waals surface area contributed by atoms with Crippen LogP contribution in [-0.2, 0) is 0 Å². The molecule has 0 saturated heterocycles. The second kappa shape index (κ2) is 5.06. The number of nitrogens with two attached hydrogens (primary N) is 1. The average Bonchev–Trinajstić information content (AvgIpc) is 2.27. The molecule has 2 aromatic rings. The molecule has 2 aromatic carbocycles. The molecular weight excluding hydrogens is 353 g/mol. The maximum Gasteiger partial charge on any atom is 0.165 e. The normalized spacial score (nSPS) is 10.3. The summed E-state index contributed by atoms with van der Waals surface area (Å²) in [7, 11) is 0. The Morgan fingerprint density at radius 1 is 1.00 bits per heavy atom. The minimum absolute atomic E-state index is 0.157. The highest BCUT2D eigenvalue weighted by Crippen LogP contribution is 2.33. The zero-order chi connectivity index (χ0) is 12.4. The molecule has 17 heavy (non-hydrogen) atoms. The third-order valence-corrected chi connectivity index (χ3v) is 3.18. The van der Waals surface area contributed by atoms with E-state index in [2.05, 4.69) is 31.9 Å². The van der Waals surface area contributed by atoms with Crippen molar-refractivity contribution < 1.29 is 9.13 Å². The Kier molecular flexibility index (Phi) is 3.69. The van der Waals surface area contributed by atoms with Gasteiger partial charge in [0.05, 0.1) is 4.47 Å². The van der Waals surface area contributed by atoms with Crippen molar-refractivity contribution in [2.24, 2.45) is 0 Å². The summed E-state index contributed by atoms with van der Waals surface area (Å²) < 4.78 is 20.4. The summed E-state index contributed by atoms with van der Waals surface area (Å²) in [6.45, 7) is 0. The van der Waals surface area contributed by atoms with Crippen molar-refractivity contribution in [1.29, 1.82) is 0 Å². The van der Waals surface area contributed by atoms with E-state index in [0.717, 1.165) is 4.47 Å². The van der Waals surface area contributed by atoms with Crippen molar-refractivity contribution in [1.82, 2.24) is 0 Å². The highest BCUT2D eigenvalue weighted by Gasteiger charge is 2.08. The van der Waals surface area contributed by atoms with Crippen LogP contribution in [0.3, 0.4) is 0 Å². The first-order valence-electron chi connectivity index (χ1n) is 4.74. The van der Waals surface area contributed by atoms with Gasteiger partial charge in [0.1, 0.15) is 5.75 Å². The van der Waals surface area contributed by atoms with Gasteiger partial charge in [0.15, 0.2) is 11.6 Å². The molecule has 0 radical (unpaired) electrons. The van der Waals surface area contributed by atoms with Gasteiger partial charge in [-0.05, 0) is 52.3 Å². The SMILES string of the molecule is Nc1ccc(Oc2cc(Br)ccc2F)c(Br)c1. The molecule has 0 bridgehead atoms. The van der Waals surface area contributed by atoms with Crippen molar-refractivity contribution in [3.63, 3.8) is 0 Å². The largest absolute Gasteiger partial charge is 0.453 e. The van der Waals surface area contributed by atoms with E-state index >= 15 is 0 Å². The van der Waals surface area contributed by atoms with Gasteiger partial charge < -0.3 is 10.5 Å². The quantitative estimate of drug-likeness (QED) is 0.786. The predicted octanol–water partition coefficient (Wildman–Crippen LogP) is 4.73. The molecule has 5 heteroatoms. The number of rotatable bonds is 2. The first kappa shape index (κ1) is 12.4. The molecule has 0 amide bonds. The topological polar surface area (TPSA) is 35.2 Å². The van der Waals surface area contributed by atoms with Gasteiger partial charge in [0, 0.05) is 10.2 Å². The van der Waals surface area contributed by atoms with Crippen LogP contribution in [0.2, 0.25) is 0 Å². The summed E-state index contributed by atoms with van der Waals surface area (Å²) in [6, 6.07) is 9.59. The number of hydrogen-bond acceptors (Lipinski definition) is 2. The average molecular weight is 361 g/mol. The fourth-order valence-electron chi connectivity index (χ4n) is 1.27. The van der Waals surface area contributed by atoms with Gasteiger partial charge >= 0.3 is 0 Å². The number of benzene rings is 2. The van der Waals surface area contributed by atoms with E-state index in [1.165, 1.54) is 6.07 Å². The Bertz CT molecular complexity index is 560. The van der Waals surface area contributed by atoms with E-state index in [-0.39, 0.29) is 5.75 Å². The van der Waals surface area contributed by atoms with Crippen LogP contribution < -0.4 is 10.5 Å². The van der Waals surface area contributed by atoms with Crippen molar-refractivity contribution in [3.8, 4) is 11.5 Å². The molecule has 2 N–H and O–H groups in total. The van der Waals surface area contributed by atoms with Crippen LogP contribution in [0.15, 0.2) is 45.3 Å². The lowest BCUT2D eigenvalue weighted by Crippen LogP contribution is -1.91. The zero-order valence-electron chi connectivity index (χ0n) is 8.58. The Morgan fingerprint density at radius 3 is 2.47 bits per heavy atom. The second-order valence-electron chi connectivity index (χ2n) is 3.37. The number of nitrogen functional groups attached to an aromatic ring is 1. The van der Waals surface area contributed by atoms with Crippen molar-refractivity contribution in [3.05, 3.63) is 51.2 Å². The summed E-state index contributed by atoms with van der Waals surface area (Å²) in [4.78, 5) is 0. The standard InChI is InChI=1S/C12H8Br2FNO/c13-7-1-3-10(15)12(5-7)17-11-4-2-8(16)6-9(11)14/h1-6H,16H2. The molecule has 0 atom stereocenters. The lowest BCUT2D eigenvalue weighted by Gasteiger charge is -2.09. The molecule has 0 aliphatic heterocycles. The van der Waals surface area contributed by atoms with Crippen LogP contribution in [-0.4, -0.2) is 0 Å². The first-order valence-corrected chi connectivity index (χ1v) is 6.33. The van der Waals surface area contributed by atoms with E-state index in [4.69, 9.17) is 10.5 Å². The fourth-order valence-corrected chi connectivity index (χ4v) is 2.09. The number of hydrogen-bond donors (Lipinski definition) is 1. The molecule has 0 fully saturated rings. The van der Waals surface area contributed by atoms with E-state index in [0.29, 0.717) is 15.9 Å². The van der Waals surface area contributed by atoms with E-state index in [9.17, 15) is 4.39 Å². The molecule has 0 saturated carbocycles. The number of anilines is 1. The third-order valence-electron chi connectivity index (χ3n) is 2.07. The summed E-state index contributed by atoms with van der Waals surface area (Å²) in [5, 5.41) is 0. The highest BCUT2D eigenvalue weighted by molar-refractivity contribution is 9.10. The van der Waals surface area contributed by atoms with Crippen LogP contribution in [0.25, 0.3) is 0 Å². The van der Waals surface area contributed by atoms with Crippen LogP contribution in [0.1, 0.15) is 0 Å². The summed E-state index contributed by atoms with van der Waals surface area (Å²) in [5.41, 5.74) is 6.22. The van der Waals surface area contributed by atoms with Crippen molar-refractivity contribution in [2.75, 3.05) is 5.73 Å². The smallest absolute Gasteiger partial charge is 0.165 e. The van der Waals surface area contributed by atoms with Gasteiger partial charge in [-0.2, -0.15) is 0 Å².